The third-order valence-corrected chi connectivity index (χ3v) is 2.49. The maximum atomic E-state index is 11.5. The van der Waals surface area contributed by atoms with Crippen LogP contribution in [-0.4, -0.2) is 10.3 Å². The predicted molar refractivity (Wildman–Crippen MR) is 68.4 cm³/mol. The molecule has 0 radical (unpaired) electrons. The Kier molecular flexibility index (Phi) is 3.31. The van der Waals surface area contributed by atoms with E-state index in [1.807, 2.05) is 6.92 Å². The highest BCUT2D eigenvalue weighted by molar-refractivity contribution is 6.10. The summed E-state index contributed by atoms with van der Waals surface area (Å²) < 4.78 is 6.58. The molecule has 2 rings (SSSR count). The third kappa shape index (κ3) is 2.31. The van der Waals surface area contributed by atoms with E-state index in [9.17, 15) is 4.79 Å². The minimum atomic E-state index is -0.423. The van der Waals surface area contributed by atoms with Crippen molar-refractivity contribution in [2.24, 2.45) is 5.10 Å². The molecule has 0 spiro atoms. The first kappa shape index (κ1) is 12.4. The van der Waals surface area contributed by atoms with Crippen LogP contribution in [-0.2, 0) is 6.54 Å². The normalized spacial score (nSPS) is 9.63. The van der Waals surface area contributed by atoms with Crippen molar-refractivity contribution in [2.45, 2.75) is 13.5 Å². The molecule has 7 nitrogen and oxygen atoms in total. The Balaban J connectivity index is 2.39. The van der Waals surface area contributed by atoms with E-state index >= 15 is 0 Å². The number of hydrogen-bond acceptors (Lipinski definition) is 6. The standard InChI is InChI=1S/C12H9N5O2/c1-2-17-10-4-3-8(5-11(10)19-12(17)18)15-16-9(6-13)7-14/h3-5,15H,2H2,1H3. The van der Waals surface area contributed by atoms with Crippen molar-refractivity contribution in [1.29, 1.82) is 10.5 Å². The van der Waals surface area contributed by atoms with Crippen molar-refractivity contribution in [3.8, 4) is 12.1 Å². The summed E-state index contributed by atoms with van der Waals surface area (Å²) in [6.45, 7) is 2.36. The van der Waals surface area contributed by atoms with Crippen molar-refractivity contribution in [3.63, 3.8) is 0 Å². The van der Waals surface area contributed by atoms with Crippen molar-refractivity contribution in [2.75, 3.05) is 5.43 Å². The number of rotatable bonds is 3. The highest BCUT2D eigenvalue weighted by Gasteiger charge is 2.07. The first-order chi connectivity index (χ1) is 9.19. The summed E-state index contributed by atoms with van der Waals surface area (Å²) in [5.41, 5.74) is 3.90. The molecule has 19 heavy (non-hydrogen) atoms. The van der Waals surface area contributed by atoms with E-state index in [2.05, 4.69) is 10.5 Å². The number of nitrogens with one attached hydrogen (secondary N) is 1. The number of nitrogens with zero attached hydrogens (tertiary/aromatic N) is 4. The molecule has 0 saturated heterocycles. The number of hydrogen-bond donors (Lipinski definition) is 1. The molecular formula is C12H9N5O2. The van der Waals surface area contributed by atoms with Gasteiger partial charge in [0.1, 0.15) is 12.1 Å². The van der Waals surface area contributed by atoms with E-state index in [1.54, 1.807) is 30.3 Å². The van der Waals surface area contributed by atoms with Gasteiger partial charge in [0.15, 0.2) is 5.58 Å². The van der Waals surface area contributed by atoms with Gasteiger partial charge in [-0.25, -0.2) is 4.79 Å². The highest BCUT2D eigenvalue weighted by atomic mass is 16.4. The molecule has 0 saturated carbocycles. The fourth-order valence-electron chi connectivity index (χ4n) is 1.63. The fourth-order valence-corrected chi connectivity index (χ4v) is 1.63. The second-order valence-corrected chi connectivity index (χ2v) is 3.59. The van der Waals surface area contributed by atoms with Gasteiger partial charge in [0.2, 0.25) is 5.71 Å². The van der Waals surface area contributed by atoms with Crippen LogP contribution in [0.3, 0.4) is 0 Å². The molecule has 0 amide bonds. The topological polar surface area (TPSA) is 107 Å². The number of aromatic nitrogens is 1. The SMILES string of the molecule is CCn1c(=O)oc2cc(NN=C(C#N)C#N)ccc21. The minimum absolute atomic E-state index is 0.285. The molecule has 7 heteroatoms. The van der Waals surface area contributed by atoms with Gasteiger partial charge >= 0.3 is 5.76 Å². The summed E-state index contributed by atoms with van der Waals surface area (Å²) in [7, 11) is 0. The van der Waals surface area contributed by atoms with Crippen molar-refractivity contribution >= 4 is 22.5 Å². The monoisotopic (exact) mass is 255 g/mol. The van der Waals surface area contributed by atoms with Crippen LogP contribution in [0, 0.1) is 22.7 Å². The number of anilines is 1. The lowest BCUT2D eigenvalue weighted by atomic mass is 10.3. The van der Waals surface area contributed by atoms with E-state index in [0.717, 1.165) is 0 Å². The molecule has 1 N–H and O–H groups in total. The van der Waals surface area contributed by atoms with Gasteiger partial charge in [-0.05, 0) is 19.1 Å². The first-order valence-corrected chi connectivity index (χ1v) is 5.47. The Labute approximate surface area is 108 Å². The third-order valence-electron chi connectivity index (χ3n) is 2.49. The van der Waals surface area contributed by atoms with Crippen LogP contribution in [0.15, 0.2) is 32.5 Å². The molecule has 1 heterocycles. The van der Waals surface area contributed by atoms with Gasteiger partial charge in [-0.1, -0.05) is 0 Å². The maximum Gasteiger partial charge on any atom is 0.419 e. The highest BCUT2D eigenvalue weighted by Crippen LogP contribution is 2.18. The van der Waals surface area contributed by atoms with Gasteiger partial charge in [0.05, 0.1) is 11.2 Å². The van der Waals surface area contributed by atoms with Gasteiger partial charge < -0.3 is 4.42 Å². The predicted octanol–water partition coefficient (Wildman–Crippen LogP) is 1.43. The van der Waals surface area contributed by atoms with E-state index in [-0.39, 0.29) is 5.71 Å². The number of fused-ring (bicyclic) bond motifs is 1. The fraction of sp³-hybridized carbons (Fsp3) is 0.167. The summed E-state index contributed by atoms with van der Waals surface area (Å²) in [6.07, 6.45) is 0. The molecular weight excluding hydrogens is 246 g/mol. The van der Waals surface area contributed by atoms with E-state index in [1.165, 1.54) is 4.57 Å². The van der Waals surface area contributed by atoms with Gasteiger partial charge in [0.25, 0.3) is 0 Å². The Morgan fingerprint density at radius 3 is 2.84 bits per heavy atom. The average Bonchev–Trinajstić information content (AvgIpc) is 2.74. The van der Waals surface area contributed by atoms with E-state index < -0.39 is 5.76 Å². The van der Waals surface area contributed by atoms with Crippen LogP contribution in [0.1, 0.15) is 6.92 Å². The minimum Gasteiger partial charge on any atom is -0.408 e. The van der Waals surface area contributed by atoms with Crippen LogP contribution in [0.25, 0.3) is 11.1 Å². The molecule has 94 valence electrons. The van der Waals surface area contributed by atoms with E-state index in [4.69, 9.17) is 14.9 Å². The largest absolute Gasteiger partial charge is 0.419 e. The maximum absolute atomic E-state index is 11.5. The second kappa shape index (κ2) is 5.07. The van der Waals surface area contributed by atoms with Crippen LogP contribution in [0.5, 0.6) is 0 Å². The van der Waals surface area contributed by atoms with Gasteiger partial charge in [-0.2, -0.15) is 15.6 Å². The molecule has 0 aliphatic rings. The quantitative estimate of drug-likeness (QED) is 0.659. The van der Waals surface area contributed by atoms with Gasteiger partial charge in [-0.3, -0.25) is 9.99 Å². The lowest BCUT2D eigenvalue weighted by molar-refractivity contribution is 0.513. The number of benzene rings is 1. The Morgan fingerprint density at radius 2 is 2.21 bits per heavy atom. The molecule has 0 unspecified atom stereocenters. The van der Waals surface area contributed by atoms with E-state index in [0.29, 0.717) is 23.3 Å². The second-order valence-electron chi connectivity index (χ2n) is 3.59. The van der Waals surface area contributed by atoms with Crippen LogP contribution in [0.4, 0.5) is 5.69 Å². The molecule has 0 fully saturated rings. The Morgan fingerprint density at radius 1 is 1.47 bits per heavy atom. The summed E-state index contributed by atoms with van der Waals surface area (Å²) in [5.74, 6) is -0.423. The molecule has 2 aromatic rings. The van der Waals surface area contributed by atoms with Gasteiger partial charge in [-0.15, -0.1) is 0 Å². The molecule has 0 aliphatic heterocycles. The zero-order valence-electron chi connectivity index (χ0n) is 10.0. The lowest BCUT2D eigenvalue weighted by Crippen LogP contribution is -2.11. The first-order valence-electron chi connectivity index (χ1n) is 5.47. The van der Waals surface area contributed by atoms with Crippen molar-refractivity contribution in [1.82, 2.24) is 4.57 Å². The number of hydrazone groups is 1. The van der Waals surface area contributed by atoms with Gasteiger partial charge in [0, 0.05) is 12.6 Å². The summed E-state index contributed by atoms with van der Waals surface area (Å²) in [4.78, 5) is 11.5. The molecule has 0 bridgehead atoms. The van der Waals surface area contributed by atoms with Crippen molar-refractivity contribution < 1.29 is 4.42 Å². The summed E-state index contributed by atoms with van der Waals surface area (Å²) in [6, 6.07) is 8.23. The number of nitriles is 2. The van der Waals surface area contributed by atoms with Crippen LogP contribution >= 0.6 is 0 Å². The van der Waals surface area contributed by atoms with Crippen LogP contribution in [0.2, 0.25) is 0 Å². The Hall–Kier alpha value is -3.06. The molecule has 1 aromatic heterocycles. The smallest absolute Gasteiger partial charge is 0.408 e. The average molecular weight is 255 g/mol. The molecule has 1 aromatic carbocycles. The number of aryl methyl sites for hydroxylation is 1. The summed E-state index contributed by atoms with van der Waals surface area (Å²) in [5, 5.41) is 20.7. The van der Waals surface area contributed by atoms with Crippen LogP contribution < -0.4 is 11.2 Å². The number of oxazole rings is 1. The zero-order chi connectivity index (χ0) is 13.8. The zero-order valence-corrected chi connectivity index (χ0v) is 10.0. The summed E-state index contributed by atoms with van der Waals surface area (Å²) >= 11 is 0. The molecule has 0 aliphatic carbocycles. The lowest BCUT2D eigenvalue weighted by Gasteiger charge is -2.00. The van der Waals surface area contributed by atoms with Crippen molar-refractivity contribution in [3.05, 3.63) is 28.7 Å². The molecule has 0 atom stereocenters. The Bertz CT molecular complexity index is 769.